The van der Waals surface area contributed by atoms with E-state index in [2.05, 4.69) is 77.7 Å². The van der Waals surface area contributed by atoms with Crippen LogP contribution < -0.4 is 5.32 Å². The van der Waals surface area contributed by atoms with Crippen molar-refractivity contribution in [3.63, 3.8) is 0 Å². The van der Waals surface area contributed by atoms with E-state index in [1.165, 1.54) is 18.2 Å². The van der Waals surface area contributed by atoms with Gasteiger partial charge in [0.05, 0.1) is 5.69 Å². The van der Waals surface area contributed by atoms with Gasteiger partial charge in [0.25, 0.3) is 0 Å². The van der Waals surface area contributed by atoms with Crippen LogP contribution in [0.3, 0.4) is 0 Å². The van der Waals surface area contributed by atoms with Crippen molar-refractivity contribution in [1.29, 1.82) is 0 Å². The third-order valence-electron chi connectivity index (χ3n) is 4.06. The van der Waals surface area contributed by atoms with Gasteiger partial charge in [-0.15, -0.1) is 0 Å². The van der Waals surface area contributed by atoms with Gasteiger partial charge in [0.15, 0.2) is 0 Å². The summed E-state index contributed by atoms with van der Waals surface area (Å²) < 4.78 is 2.14. The van der Waals surface area contributed by atoms with Crippen LogP contribution in [0.5, 0.6) is 0 Å². The number of fused-ring (bicyclic) bond motifs is 2. The average molecular weight is 321 g/mol. The Morgan fingerprint density at radius 2 is 2.12 bits per heavy atom. The highest BCUT2D eigenvalue weighted by molar-refractivity contribution is 5.93. The summed E-state index contributed by atoms with van der Waals surface area (Å²) in [5.74, 6) is -0.0550. The summed E-state index contributed by atoms with van der Waals surface area (Å²) in [7, 11) is 4.16. The predicted octanol–water partition coefficient (Wildman–Crippen LogP) is 3.77. The summed E-state index contributed by atoms with van der Waals surface area (Å²) in [6.45, 7) is 2.53. The van der Waals surface area contributed by atoms with E-state index in [9.17, 15) is 4.79 Å². The van der Waals surface area contributed by atoms with Crippen LogP contribution in [0.25, 0.3) is 17.8 Å². The Morgan fingerprint density at radius 3 is 2.88 bits per heavy atom. The SMILES string of the molecule is CC(=O)Nc1ccc2c(c1)/C(=C\CCN(C)C)c1cccn1C=C2. The molecule has 1 aromatic heterocycles. The Morgan fingerprint density at radius 1 is 1.29 bits per heavy atom. The standard InChI is InChI=1S/C20H23N3O/c1-15(24)21-17-9-8-16-10-13-23-12-5-7-20(23)18(19(16)14-17)6-4-11-22(2)3/h5-10,12-14H,4,11H2,1-3H3,(H,21,24)/b18-6+. The molecule has 0 spiro atoms. The van der Waals surface area contributed by atoms with Gasteiger partial charge in [-0.25, -0.2) is 0 Å². The number of hydrogen-bond donors (Lipinski definition) is 1. The lowest BCUT2D eigenvalue weighted by Crippen LogP contribution is -2.12. The fourth-order valence-corrected chi connectivity index (χ4v) is 2.95. The minimum atomic E-state index is -0.0550. The van der Waals surface area contributed by atoms with Crippen molar-refractivity contribution in [3.05, 3.63) is 59.4 Å². The molecule has 2 aromatic rings. The molecule has 124 valence electrons. The lowest BCUT2D eigenvalue weighted by Gasteiger charge is -2.13. The molecular formula is C20H23N3O. The normalized spacial score (nSPS) is 14.4. The molecule has 1 amide bonds. The number of hydrogen-bond acceptors (Lipinski definition) is 2. The molecular weight excluding hydrogens is 298 g/mol. The Hall–Kier alpha value is -2.59. The first-order chi connectivity index (χ1) is 11.5. The first kappa shape index (κ1) is 16.3. The zero-order chi connectivity index (χ0) is 17.1. The number of carbonyl (C=O) groups excluding carboxylic acids is 1. The minimum Gasteiger partial charge on any atom is -0.326 e. The van der Waals surface area contributed by atoms with Gasteiger partial charge in [0.1, 0.15) is 0 Å². The minimum absolute atomic E-state index is 0.0550. The molecule has 0 bridgehead atoms. The molecule has 0 saturated heterocycles. The summed E-state index contributed by atoms with van der Waals surface area (Å²) in [6.07, 6.45) is 9.51. The Kier molecular flexibility index (Phi) is 4.67. The lowest BCUT2D eigenvalue weighted by atomic mass is 9.96. The molecule has 1 aromatic carbocycles. The van der Waals surface area contributed by atoms with E-state index in [0.717, 1.165) is 29.8 Å². The number of benzene rings is 1. The van der Waals surface area contributed by atoms with Crippen molar-refractivity contribution < 1.29 is 4.79 Å². The molecule has 1 aliphatic heterocycles. The Balaban J connectivity index is 2.07. The Labute approximate surface area is 143 Å². The van der Waals surface area contributed by atoms with Gasteiger partial charge in [-0.1, -0.05) is 12.1 Å². The second-order valence-corrected chi connectivity index (χ2v) is 6.31. The van der Waals surface area contributed by atoms with Gasteiger partial charge in [-0.05, 0) is 62.0 Å². The van der Waals surface area contributed by atoms with Crippen LogP contribution >= 0.6 is 0 Å². The van der Waals surface area contributed by atoms with Crippen molar-refractivity contribution in [3.8, 4) is 0 Å². The van der Waals surface area contributed by atoms with Gasteiger partial charge >= 0.3 is 0 Å². The maximum Gasteiger partial charge on any atom is 0.221 e. The molecule has 24 heavy (non-hydrogen) atoms. The smallest absolute Gasteiger partial charge is 0.221 e. The van der Waals surface area contributed by atoms with E-state index < -0.39 is 0 Å². The molecule has 0 atom stereocenters. The van der Waals surface area contributed by atoms with E-state index >= 15 is 0 Å². The molecule has 0 unspecified atom stereocenters. The first-order valence-electron chi connectivity index (χ1n) is 8.17. The zero-order valence-electron chi connectivity index (χ0n) is 14.4. The molecule has 0 fully saturated rings. The molecule has 4 nitrogen and oxygen atoms in total. The van der Waals surface area contributed by atoms with E-state index in [0.29, 0.717) is 0 Å². The van der Waals surface area contributed by atoms with Gasteiger partial charge in [-0.2, -0.15) is 0 Å². The van der Waals surface area contributed by atoms with Crippen LogP contribution in [0.1, 0.15) is 30.2 Å². The van der Waals surface area contributed by atoms with Crippen LogP contribution in [0.2, 0.25) is 0 Å². The van der Waals surface area contributed by atoms with E-state index in [-0.39, 0.29) is 5.91 Å². The molecule has 3 rings (SSSR count). The lowest BCUT2D eigenvalue weighted by molar-refractivity contribution is -0.114. The number of nitrogens with zero attached hydrogens (tertiary/aromatic N) is 2. The molecule has 0 aliphatic carbocycles. The van der Waals surface area contributed by atoms with Crippen LogP contribution in [0.15, 0.2) is 42.6 Å². The van der Waals surface area contributed by atoms with E-state index in [4.69, 9.17) is 0 Å². The van der Waals surface area contributed by atoms with Crippen molar-refractivity contribution in [2.24, 2.45) is 0 Å². The Bertz CT molecular complexity index is 812. The summed E-state index contributed by atoms with van der Waals surface area (Å²) in [5, 5.41) is 2.88. The third kappa shape index (κ3) is 3.49. The predicted molar refractivity (Wildman–Crippen MR) is 101 cm³/mol. The number of nitrogens with one attached hydrogen (secondary N) is 1. The molecule has 0 saturated carbocycles. The number of amides is 1. The highest BCUT2D eigenvalue weighted by Crippen LogP contribution is 2.33. The van der Waals surface area contributed by atoms with E-state index in [1.54, 1.807) is 0 Å². The van der Waals surface area contributed by atoms with Crippen LogP contribution in [-0.2, 0) is 4.79 Å². The summed E-state index contributed by atoms with van der Waals surface area (Å²) in [6, 6.07) is 10.3. The fraction of sp³-hybridized carbons (Fsp3) is 0.250. The number of rotatable bonds is 4. The maximum absolute atomic E-state index is 11.4. The molecule has 4 heteroatoms. The van der Waals surface area contributed by atoms with Crippen LogP contribution in [0.4, 0.5) is 5.69 Å². The number of aromatic nitrogens is 1. The van der Waals surface area contributed by atoms with Crippen molar-refractivity contribution >= 4 is 29.4 Å². The average Bonchev–Trinajstić information content (AvgIpc) is 2.92. The van der Waals surface area contributed by atoms with Gasteiger partial charge in [-0.3, -0.25) is 4.79 Å². The third-order valence-corrected chi connectivity index (χ3v) is 4.06. The van der Waals surface area contributed by atoms with Crippen molar-refractivity contribution in [2.45, 2.75) is 13.3 Å². The van der Waals surface area contributed by atoms with Gasteiger partial charge < -0.3 is 14.8 Å². The monoisotopic (exact) mass is 321 g/mol. The second kappa shape index (κ2) is 6.89. The topological polar surface area (TPSA) is 37.3 Å². The first-order valence-corrected chi connectivity index (χ1v) is 8.17. The maximum atomic E-state index is 11.4. The largest absolute Gasteiger partial charge is 0.326 e. The summed E-state index contributed by atoms with van der Waals surface area (Å²) in [5.41, 5.74) is 5.50. The fourth-order valence-electron chi connectivity index (χ4n) is 2.95. The molecule has 0 radical (unpaired) electrons. The number of carbonyl (C=O) groups is 1. The van der Waals surface area contributed by atoms with Crippen LogP contribution in [-0.4, -0.2) is 36.0 Å². The highest BCUT2D eigenvalue weighted by atomic mass is 16.1. The summed E-state index contributed by atoms with van der Waals surface area (Å²) >= 11 is 0. The molecule has 1 aliphatic rings. The van der Waals surface area contributed by atoms with Crippen molar-refractivity contribution in [2.75, 3.05) is 26.0 Å². The highest BCUT2D eigenvalue weighted by Gasteiger charge is 2.15. The van der Waals surface area contributed by atoms with Crippen LogP contribution in [0, 0.1) is 0 Å². The van der Waals surface area contributed by atoms with Gasteiger partial charge in [0, 0.05) is 37.1 Å². The zero-order valence-corrected chi connectivity index (χ0v) is 14.4. The molecule has 2 heterocycles. The van der Waals surface area contributed by atoms with Crippen molar-refractivity contribution in [1.82, 2.24) is 9.47 Å². The summed E-state index contributed by atoms with van der Waals surface area (Å²) in [4.78, 5) is 13.6. The second-order valence-electron chi connectivity index (χ2n) is 6.31. The quantitative estimate of drug-likeness (QED) is 0.794. The van der Waals surface area contributed by atoms with Gasteiger partial charge in [0.2, 0.25) is 5.91 Å². The van der Waals surface area contributed by atoms with E-state index in [1.807, 2.05) is 6.07 Å². The number of anilines is 1. The molecule has 1 N–H and O–H groups in total.